The molecule has 6 atom stereocenters. The molecule has 0 spiro atoms. The molecule has 0 aromatic rings. The molecule has 10 nitrogen and oxygen atoms in total. The highest BCUT2D eigenvalue weighted by Gasteiger charge is 2.44. The van der Waals surface area contributed by atoms with Gasteiger partial charge in [-0.3, -0.25) is 9.59 Å². The van der Waals surface area contributed by atoms with Crippen LogP contribution in [0.15, 0.2) is 48.6 Å². The van der Waals surface area contributed by atoms with Crippen LogP contribution in [-0.4, -0.2) is 89.0 Å². The summed E-state index contributed by atoms with van der Waals surface area (Å²) in [5.41, 5.74) is 0. The standard InChI is InChI=1S/C43H74O10/c1-3-5-7-9-11-13-15-17-18-20-21-23-25-27-29-31-38(45)50-34-36(35-51-43-42(49)41(48)40(47)37(33-44)53-43)52-39(46)32-30-28-26-24-22-19-16-14-12-10-8-6-4-2/h5,7,11,13,17-19,22,36-37,40-44,47-49H,3-4,6,8-10,12,14-16,20-21,23-35H2,1-2H3/b7-5-,13-11-,18-17-,22-19-/t36-,37-,40+,41?,42?,43-/m1/s1. The molecule has 0 aromatic heterocycles. The highest BCUT2D eigenvalue weighted by atomic mass is 16.7. The Balaban J connectivity index is 2.39. The normalized spacial score (nSPS) is 21.4. The van der Waals surface area contributed by atoms with Crippen LogP contribution in [0.25, 0.3) is 0 Å². The molecule has 53 heavy (non-hydrogen) atoms. The van der Waals surface area contributed by atoms with Gasteiger partial charge in [0.05, 0.1) is 13.2 Å². The van der Waals surface area contributed by atoms with E-state index in [2.05, 4.69) is 62.5 Å². The number of aliphatic hydroxyl groups is 4. The monoisotopic (exact) mass is 751 g/mol. The van der Waals surface area contributed by atoms with Crippen LogP contribution < -0.4 is 0 Å². The summed E-state index contributed by atoms with van der Waals surface area (Å²) < 4.78 is 22.1. The minimum atomic E-state index is -1.60. The van der Waals surface area contributed by atoms with Crippen molar-refractivity contribution in [3.8, 4) is 0 Å². The second-order valence-corrected chi connectivity index (χ2v) is 14.1. The number of hydrogen-bond donors (Lipinski definition) is 4. The lowest BCUT2D eigenvalue weighted by atomic mass is 9.99. The van der Waals surface area contributed by atoms with E-state index in [0.29, 0.717) is 12.8 Å². The van der Waals surface area contributed by atoms with Crippen LogP contribution >= 0.6 is 0 Å². The Hall–Kier alpha value is -2.34. The number of allylic oxidation sites excluding steroid dienone is 8. The quantitative estimate of drug-likeness (QED) is 0.0294. The van der Waals surface area contributed by atoms with Crippen molar-refractivity contribution in [3.63, 3.8) is 0 Å². The number of carbonyl (C=O) groups excluding carboxylic acids is 2. The van der Waals surface area contributed by atoms with E-state index < -0.39 is 55.4 Å². The van der Waals surface area contributed by atoms with Gasteiger partial charge >= 0.3 is 11.9 Å². The summed E-state index contributed by atoms with van der Waals surface area (Å²) in [6.45, 7) is 3.25. The van der Waals surface area contributed by atoms with Gasteiger partial charge in [0, 0.05) is 12.8 Å². The van der Waals surface area contributed by atoms with Crippen molar-refractivity contribution in [2.75, 3.05) is 19.8 Å². The van der Waals surface area contributed by atoms with E-state index in [1.807, 2.05) is 0 Å². The van der Waals surface area contributed by atoms with Gasteiger partial charge in [0.15, 0.2) is 12.4 Å². The third-order valence-electron chi connectivity index (χ3n) is 9.20. The van der Waals surface area contributed by atoms with Crippen molar-refractivity contribution in [1.29, 1.82) is 0 Å². The first-order valence-electron chi connectivity index (χ1n) is 20.7. The Bertz CT molecular complexity index is 1010. The number of ether oxygens (including phenoxy) is 4. The molecule has 1 rings (SSSR count). The van der Waals surface area contributed by atoms with E-state index in [4.69, 9.17) is 18.9 Å². The van der Waals surface area contributed by atoms with Crippen molar-refractivity contribution in [2.45, 2.75) is 192 Å². The molecule has 0 bridgehead atoms. The van der Waals surface area contributed by atoms with Crippen molar-refractivity contribution >= 4 is 11.9 Å². The van der Waals surface area contributed by atoms with Crippen LogP contribution in [0, 0.1) is 0 Å². The maximum Gasteiger partial charge on any atom is 0.306 e. The fourth-order valence-electron chi connectivity index (χ4n) is 5.90. The lowest BCUT2D eigenvalue weighted by Gasteiger charge is -2.39. The SMILES string of the molecule is CC/C=C\C/C=C\C/C=C\CCCCCCCC(=O)OC[C@H](CO[C@@H]1O[C@H](CO)[C@H](O)C(O)C1O)OC(=O)CCCCC/C=C\CCCCCCCC. The average Bonchev–Trinajstić information content (AvgIpc) is 3.15. The number of rotatable bonds is 33. The molecule has 0 aliphatic carbocycles. The molecule has 1 aliphatic heterocycles. The van der Waals surface area contributed by atoms with Crippen LogP contribution in [0.3, 0.4) is 0 Å². The first-order chi connectivity index (χ1) is 25.8. The molecule has 306 valence electrons. The van der Waals surface area contributed by atoms with E-state index in [-0.39, 0.29) is 26.1 Å². The van der Waals surface area contributed by atoms with E-state index in [0.717, 1.165) is 77.0 Å². The van der Waals surface area contributed by atoms with Gasteiger partial charge in [-0.25, -0.2) is 0 Å². The van der Waals surface area contributed by atoms with Crippen LogP contribution in [0.4, 0.5) is 0 Å². The molecule has 0 aromatic carbocycles. The molecule has 4 N–H and O–H groups in total. The molecule has 1 saturated heterocycles. The lowest BCUT2D eigenvalue weighted by molar-refractivity contribution is -0.305. The highest BCUT2D eigenvalue weighted by Crippen LogP contribution is 2.22. The molecular formula is C43H74O10. The Morgan fingerprint density at radius 3 is 1.72 bits per heavy atom. The summed E-state index contributed by atoms with van der Waals surface area (Å²) in [6.07, 6.45) is 31.2. The zero-order valence-corrected chi connectivity index (χ0v) is 33.0. The number of carbonyl (C=O) groups is 2. The molecule has 2 unspecified atom stereocenters. The molecule has 1 heterocycles. The summed E-state index contributed by atoms with van der Waals surface area (Å²) in [5, 5.41) is 40.0. The summed E-state index contributed by atoms with van der Waals surface area (Å²) >= 11 is 0. The van der Waals surface area contributed by atoms with Gasteiger partial charge in [0.1, 0.15) is 31.0 Å². The predicted octanol–water partition coefficient (Wildman–Crippen LogP) is 8.10. The van der Waals surface area contributed by atoms with Crippen LogP contribution in [-0.2, 0) is 28.5 Å². The van der Waals surface area contributed by atoms with E-state index in [1.54, 1.807) is 0 Å². The number of hydrogen-bond acceptors (Lipinski definition) is 10. The van der Waals surface area contributed by atoms with E-state index in [1.165, 1.54) is 38.5 Å². The van der Waals surface area contributed by atoms with E-state index >= 15 is 0 Å². The number of unbranched alkanes of at least 4 members (excludes halogenated alkanes) is 14. The van der Waals surface area contributed by atoms with Gasteiger partial charge in [0.25, 0.3) is 0 Å². The Labute approximate surface area is 320 Å². The average molecular weight is 751 g/mol. The van der Waals surface area contributed by atoms with Crippen LogP contribution in [0.5, 0.6) is 0 Å². The third kappa shape index (κ3) is 26.2. The summed E-state index contributed by atoms with van der Waals surface area (Å²) in [4.78, 5) is 25.2. The van der Waals surface area contributed by atoms with Gasteiger partial charge in [-0.15, -0.1) is 0 Å². The van der Waals surface area contributed by atoms with Gasteiger partial charge in [-0.2, -0.15) is 0 Å². The zero-order chi connectivity index (χ0) is 38.8. The van der Waals surface area contributed by atoms with Gasteiger partial charge < -0.3 is 39.4 Å². The molecule has 10 heteroatoms. The number of esters is 2. The summed E-state index contributed by atoms with van der Waals surface area (Å²) in [6, 6.07) is 0. The van der Waals surface area contributed by atoms with Crippen LogP contribution in [0.1, 0.15) is 155 Å². The molecule has 0 amide bonds. The van der Waals surface area contributed by atoms with Crippen molar-refractivity contribution < 1.29 is 49.0 Å². The molecule has 1 fully saturated rings. The van der Waals surface area contributed by atoms with Gasteiger partial charge in [-0.1, -0.05) is 120 Å². The largest absolute Gasteiger partial charge is 0.462 e. The third-order valence-corrected chi connectivity index (χ3v) is 9.20. The highest BCUT2D eigenvalue weighted by molar-refractivity contribution is 5.70. The Morgan fingerprint density at radius 1 is 0.604 bits per heavy atom. The fourth-order valence-corrected chi connectivity index (χ4v) is 5.90. The second kappa shape index (κ2) is 34.2. The maximum atomic E-state index is 12.7. The fraction of sp³-hybridized carbons (Fsp3) is 0.767. The van der Waals surface area contributed by atoms with E-state index in [9.17, 15) is 30.0 Å². The first kappa shape index (κ1) is 48.7. The van der Waals surface area contributed by atoms with Gasteiger partial charge in [-0.05, 0) is 70.6 Å². The lowest BCUT2D eigenvalue weighted by Crippen LogP contribution is -2.59. The smallest absolute Gasteiger partial charge is 0.306 e. The number of aliphatic hydroxyl groups excluding tert-OH is 4. The van der Waals surface area contributed by atoms with Gasteiger partial charge in [0.2, 0.25) is 0 Å². The summed E-state index contributed by atoms with van der Waals surface area (Å²) in [5.74, 6) is -0.849. The maximum absolute atomic E-state index is 12.7. The molecular weight excluding hydrogens is 676 g/mol. The van der Waals surface area contributed by atoms with Crippen molar-refractivity contribution in [3.05, 3.63) is 48.6 Å². The minimum Gasteiger partial charge on any atom is -0.462 e. The van der Waals surface area contributed by atoms with Crippen LogP contribution in [0.2, 0.25) is 0 Å². The summed E-state index contributed by atoms with van der Waals surface area (Å²) in [7, 11) is 0. The Kier molecular flexibility index (Phi) is 31.4. The van der Waals surface area contributed by atoms with Crippen molar-refractivity contribution in [1.82, 2.24) is 0 Å². The zero-order valence-electron chi connectivity index (χ0n) is 33.0. The first-order valence-corrected chi connectivity index (χ1v) is 20.7. The topological polar surface area (TPSA) is 152 Å². The molecule has 1 aliphatic rings. The predicted molar refractivity (Wildman–Crippen MR) is 210 cm³/mol. The minimum absolute atomic E-state index is 0.204. The molecule has 0 radical (unpaired) electrons. The second-order valence-electron chi connectivity index (χ2n) is 14.1. The Morgan fingerprint density at radius 2 is 1.11 bits per heavy atom. The molecule has 0 saturated carbocycles. The van der Waals surface area contributed by atoms with Crippen molar-refractivity contribution in [2.24, 2.45) is 0 Å².